The molecule has 1 unspecified atom stereocenters. The third-order valence-corrected chi connectivity index (χ3v) is 5.37. The molecule has 1 aliphatic heterocycles. The van der Waals surface area contributed by atoms with E-state index in [2.05, 4.69) is 53.4 Å². The van der Waals surface area contributed by atoms with Crippen molar-refractivity contribution in [2.24, 2.45) is 0 Å². The fourth-order valence-electron chi connectivity index (χ4n) is 3.89. The van der Waals surface area contributed by atoms with Crippen molar-refractivity contribution in [2.45, 2.75) is 39.9 Å². The highest BCUT2D eigenvalue weighted by Crippen LogP contribution is 2.22. The Kier molecular flexibility index (Phi) is 5.46. The lowest BCUT2D eigenvalue weighted by Gasteiger charge is -2.31. The molecule has 1 N–H and O–H groups in total. The van der Waals surface area contributed by atoms with Crippen LogP contribution in [0.2, 0.25) is 0 Å². The van der Waals surface area contributed by atoms with Crippen molar-refractivity contribution >= 4 is 21.7 Å². The van der Waals surface area contributed by atoms with Crippen LogP contribution in [-0.4, -0.2) is 42.2 Å². The summed E-state index contributed by atoms with van der Waals surface area (Å²) in [6.45, 7) is 10.6. The van der Waals surface area contributed by atoms with Gasteiger partial charge in [-0.15, -0.1) is 0 Å². The number of hydrogen-bond acceptors (Lipinski definition) is 2. The van der Waals surface area contributed by atoms with Crippen molar-refractivity contribution in [1.29, 1.82) is 0 Å². The van der Waals surface area contributed by atoms with Gasteiger partial charge in [0.2, 0.25) is 5.78 Å². The Morgan fingerprint density at radius 2 is 1.80 bits per heavy atom. The van der Waals surface area contributed by atoms with Crippen LogP contribution in [0.5, 0.6) is 0 Å². The number of aryl methyl sites for hydroxylation is 1. The minimum Gasteiger partial charge on any atom is -0.364 e. The Hall–Kier alpha value is -1.43. The number of nitrogens with zero attached hydrogens (tertiary/aromatic N) is 1. The number of rotatable bonds is 4. The number of ketones is 1. The molecule has 0 radical (unpaired) electrons. The maximum absolute atomic E-state index is 12.9. The molecule has 1 saturated heterocycles. The Bertz CT molecular complexity index is 757. The zero-order valence-electron chi connectivity index (χ0n) is 15.3. The number of hydrogen-bond donors (Lipinski definition) is 1. The number of ether oxygens (including phenoxy) is 1. The predicted octanol–water partition coefficient (Wildman–Crippen LogP) is 2.73. The topological polar surface area (TPSA) is 35.7 Å². The van der Waals surface area contributed by atoms with Crippen LogP contribution < -0.4 is 4.90 Å². The van der Waals surface area contributed by atoms with E-state index in [1.54, 1.807) is 0 Å². The highest BCUT2D eigenvalue weighted by Gasteiger charge is 2.28. The molecule has 1 aromatic heterocycles. The number of nitrogens with one attached hydrogen (secondary N) is 1. The molecule has 1 aliphatic rings. The van der Waals surface area contributed by atoms with Gasteiger partial charge in [-0.25, -0.2) is 0 Å². The fraction of sp³-hybridized carbons (Fsp3) is 0.450. The molecule has 0 amide bonds. The van der Waals surface area contributed by atoms with Gasteiger partial charge in [-0.1, -0.05) is 15.9 Å². The Morgan fingerprint density at radius 3 is 2.40 bits per heavy atom. The molecule has 25 heavy (non-hydrogen) atoms. The summed E-state index contributed by atoms with van der Waals surface area (Å²) in [4.78, 5) is 14.2. The van der Waals surface area contributed by atoms with Crippen molar-refractivity contribution in [3.05, 3.63) is 51.8 Å². The summed E-state index contributed by atoms with van der Waals surface area (Å²) in [5.74, 6) is 0.216. The molecular formula is C20H26BrN2O2+. The van der Waals surface area contributed by atoms with Gasteiger partial charge < -0.3 is 14.2 Å². The van der Waals surface area contributed by atoms with Crippen LogP contribution >= 0.6 is 15.9 Å². The number of quaternary nitrogens is 1. The first kappa shape index (κ1) is 18.4. The average Bonchev–Trinajstić information content (AvgIpc) is 2.82. The molecule has 3 atom stereocenters. The minimum atomic E-state index is 0.210. The van der Waals surface area contributed by atoms with Crippen LogP contribution in [0, 0.1) is 13.8 Å². The number of benzene rings is 1. The van der Waals surface area contributed by atoms with E-state index >= 15 is 0 Å². The summed E-state index contributed by atoms with van der Waals surface area (Å²) in [6, 6.07) is 10.2. The van der Waals surface area contributed by atoms with E-state index in [1.807, 2.05) is 25.1 Å². The van der Waals surface area contributed by atoms with Gasteiger partial charge in [-0.2, -0.15) is 0 Å². The quantitative estimate of drug-likeness (QED) is 0.793. The SMILES string of the molecule is Cc1cc(C(=O)C[NH+]2C[C@@H](C)O[C@@H](C)C2)c(C)n1-c1ccc(Br)cc1. The molecule has 0 bridgehead atoms. The molecule has 4 nitrogen and oxygen atoms in total. The van der Waals surface area contributed by atoms with E-state index in [0.717, 1.165) is 40.2 Å². The Balaban J connectivity index is 1.82. The highest BCUT2D eigenvalue weighted by molar-refractivity contribution is 9.10. The molecule has 3 rings (SSSR count). The van der Waals surface area contributed by atoms with Gasteiger partial charge in [0.15, 0.2) is 0 Å². The maximum Gasteiger partial charge on any atom is 0.218 e. The number of carbonyl (C=O) groups is 1. The number of aromatic nitrogens is 1. The zero-order valence-corrected chi connectivity index (χ0v) is 16.9. The minimum absolute atomic E-state index is 0.210. The second-order valence-electron chi connectivity index (χ2n) is 7.11. The molecule has 1 fully saturated rings. The first-order valence-corrected chi connectivity index (χ1v) is 9.61. The molecule has 2 aromatic rings. The van der Waals surface area contributed by atoms with Crippen LogP contribution in [0.15, 0.2) is 34.8 Å². The van der Waals surface area contributed by atoms with Crippen LogP contribution in [0.1, 0.15) is 35.6 Å². The van der Waals surface area contributed by atoms with Gasteiger partial charge in [0.25, 0.3) is 0 Å². The standard InChI is InChI=1S/C20H25BrN2O2/c1-13-9-19(16(4)23(13)18-7-5-17(21)6-8-18)20(24)12-22-10-14(2)25-15(3)11-22/h5-9,14-15H,10-12H2,1-4H3/p+1/t14-,15+. The van der Waals surface area contributed by atoms with Gasteiger partial charge in [-0.3, -0.25) is 4.79 Å². The molecule has 0 spiro atoms. The lowest BCUT2D eigenvalue weighted by Crippen LogP contribution is -3.16. The second kappa shape index (κ2) is 7.44. The number of Topliss-reactive ketones (excluding diaryl/α,β-unsaturated/α-hetero) is 1. The highest BCUT2D eigenvalue weighted by atomic mass is 79.9. The molecule has 134 valence electrons. The summed E-state index contributed by atoms with van der Waals surface area (Å²) in [5, 5.41) is 0. The monoisotopic (exact) mass is 405 g/mol. The summed E-state index contributed by atoms with van der Waals surface area (Å²) in [5.41, 5.74) is 4.01. The van der Waals surface area contributed by atoms with Crippen molar-refractivity contribution in [3.8, 4) is 5.69 Å². The average molecular weight is 406 g/mol. The zero-order chi connectivity index (χ0) is 18.1. The lowest BCUT2D eigenvalue weighted by atomic mass is 10.1. The van der Waals surface area contributed by atoms with Crippen molar-refractivity contribution in [1.82, 2.24) is 4.57 Å². The summed E-state index contributed by atoms with van der Waals surface area (Å²) >= 11 is 3.47. The van der Waals surface area contributed by atoms with Crippen LogP contribution in [0.3, 0.4) is 0 Å². The molecular weight excluding hydrogens is 380 g/mol. The van der Waals surface area contributed by atoms with E-state index in [-0.39, 0.29) is 18.0 Å². The van der Waals surface area contributed by atoms with Gasteiger partial charge in [-0.05, 0) is 58.0 Å². The Labute approximate surface area is 157 Å². The van der Waals surface area contributed by atoms with Gasteiger partial charge >= 0.3 is 0 Å². The maximum atomic E-state index is 12.9. The van der Waals surface area contributed by atoms with E-state index in [1.165, 1.54) is 4.90 Å². The van der Waals surface area contributed by atoms with Crippen molar-refractivity contribution in [3.63, 3.8) is 0 Å². The fourth-order valence-corrected chi connectivity index (χ4v) is 4.15. The summed E-state index contributed by atoms with van der Waals surface area (Å²) < 4.78 is 8.98. The summed E-state index contributed by atoms with van der Waals surface area (Å²) in [6.07, 6.45) is 0.420. The van der Waals surface area contributed by atoms with E-state index in [0.29, 0.717) is 6.54 Å². The van der Waals surface area contributed by atoms with Crippen molar-refractivity contribution < 1.29 is 14.4 Å². The van der Waals surface area contributed by atoms with E-state index in [9.17, 15) is 4.79 Å². The van der Waals surface area contributed by atoms with Crippen molar-refractivity contribution in [2.75, 3.05) is 19.6 Å². The number of morpholine rings is 1. The van der Waals surface area contributed by atoms with Gasteiger partial charge in [0.05, 0.1) is 0 Å². The second-order valence-corrected chi connectivity index (χ2v) is 8.03. The number of carbonyl (C=O) groups excluding carboxylic acids is 1. The van der Waals surface area contributed by atoms with Crippen LogP contribution in [0.4, 0.5) is 0 Å². The van der Waals surface area contributed by atoms with Crippen LogP contribution in [0.25, 0.3) is 5.69 Å². The third-order valence-electron chi connectivity index (χ3n) is 4.84. The van der Waals surface area contributed by atoms with Crippen LogP contribution in [-0.2, 0) is 4.74 Å². The lowest BCUT2D eigenvalue weighted by molar-refractivity contribution is -0.906. The molecule has 0 aliphatic carbocycles. The van der Waals surface area contributed by atoms with Gasteiger partial charge in [0.1, 0.15) is 31.8 Å². The Morgan fingerprint density at radius 1 is 1.20 bits per heavy atom. The molecule has 5 heteroatoms. The molecule has 1 aromatic carbocycles. The third kappa shape index (κ3) is 4.05. The van der Waals surface area contributed by atoms with E-state index in [4.69, 9.17) is 4.74 Å². The first-order chi connectivity index (χ1) is 11.8. The first-order valence-electron chi connectivity index (χ1n) is 8.82. The number of halogens is 1. The largest absolute Gasteiger partial charge is 0.364 e. The van der Waals surface area contributed by atoms with Gasteiger partial charge in [0, 0.05) is 27.1 Å². The van der Waals surface area contributed by atoms with E-state index < -0.39 is 0 Å². The summed E-state index contributed by atoms with van der Waals surface area (Å²) in [7, 11) is 0. The molecule has 2 heterocycles. The normalized spacial score (nSPS) is 23.6. The predicted molar refractivity (Wildman–Crippen MR) is 103 cm³/mol. The smallest absolute Gasteiger partial charge is 0.218 e. The molecule has 0 saturated carbocycles.